The third-order valence-electron chi connectivity index (χ3n) is 4.19. The van der Waals surface area contributed by atoms with Gasteiger partial charge in [-0.25, -0.2) is 4.68 Å². The predicted octanol–water partition coefficient (Wildman–Crippen LogP) is 1.63. The zero-order chi connectivity index (χ0) is 16.4. The molecule has 1 amide bonds. The molecule has 2 aromatic heterocycles. The molecule has 122 valence electrons. The molecule has 1 N–H and O–H groups in total. The Balaban J connectivity index is 1.60. The van der Waals surface area contributed by atoms with E-state index in [0.29, 0.717) is 10.6 Å². The molecule has 0 bridgehead atoms. The van der Waals surface area contributed by atoms with E-state index in [0.717, 1.165) is 42.9 Å². The number of aryl methyl sites for hydroxylation is 2. The van der Waals surface area contributed by atoms with Crippen molar-refractivity contribution in [2.75, 3.05) is 0 Å². The second-order valence-electron chi connectivity index (χ2n) is 5.92. The van der Waals surface area contributed by atoms with E-state index in [4.69, 9.17) is 0 Å². The highest BCUT2D eigenvalue weighted by Crippen LogP contribution is 2.27. The first kappa shape index (κ1) is 15.8. The van der Waals surface area contributed by atoms with Crippen molar-refractivity contribution >= 4 is 17.4 Å². The van der Waals surface area contributed by atoms with Crippen LogP contribution in [0.2, 0.25) is 0 Å². The normalized spacial score (nSPS) is 21.1. The van der Waals surface area contributed by atoms with E-state index >= 15 is 0 Å². The lowest BCUT2D eigenvalue weighted by atomic mass is 9.91. The van der Waals surface area contributed by atoms with Crippen molar-refractivity contribution in [1.82, 2.24) is 24.7 Å². The van der Waals surface area contributed by atoms with Gasteiger partial charge in [-0.05, 0) is 57.1 Å². The Morgan fingerprint density at radius 3 is 2.65 bits per heavy atom. The van der Waals surface area contributed by atoms with Gasteiger partial charge in [-0.1, -0.05) is 4.49 Å². The van der Waals surface area contributed by atoms with Crippen molar-refractivity contribution in [3.63, 3.8) is 0 Å². The first-order valence-corrected chi connectivity index (χ1v) is 8.48. The van der Waals surface area contributed by atoms with Crippen LogP contribution < -0.4 is 10.9 Å². The second kappa shape index (κ2) is 6.57. The Hall–Kier alpha value is -2.09. The molecule has 2 aromatic rings. The number of nitrogens with one attached hydrogen (secondary N) is 1. The molecule has 1 saturated carbocycles. The molecule has 2 heterocycles. The quantitative estimate of drug-likeness (QED) is 0.922. The van der Waals surface area contributed by atoms with E-state index in [1.54, 1.807) is 23.7 Å². The Labute approximate surface area is 137 Å². The third-order valence-corrected chi connectivity index (χ3v) is 5.02. The second-order valence-corrected chi connectivity index (χ2v) is 6.68. The first-order valence-electron chi connectivity index (χ1n) is 7.71. The third kappa shape index (κ3) is 3.47. The van der Waals surface area contributed by atoms with Crippen LogP contribution in [0.5, 0.6) is 0 Å². The van der Waals surface area contributed by atoms with E-state index in [9.17, 15) is 9.59 Å². The van der Waals surface area contributed by atoms with Crippen LogP contribution in [0.4, 0.5) is 0 Å². The standard InChI is InChI=1S/C15H19N5O2S/c1-9-3-8-13(21)20(18-9)12-6-4-11(5-7-12)16-15(22)14-10(2)17-19-23-14/h3,8,11-12H,4-7H2,1-2H3,(H,16,22). The van der Waals surface area contributed by atoms with Crippen LogP contribution in [0, 0.1) is 13.8 Å². The summed E-state index contributed by atoms with van der Waals surface area (Å²) in [6.45, 7) is 3.67. The number of carbonyl (C=O) groups is 1. The lowest BCUT2D eigenvalue weighted by molar-refractivity contribution is 0.0924. The molecule has 0 radical (unpaired) electrons. The van der Waals surface area contributed by atoms with Gasteiger partial charge in [-0.3, -0.25) is 9.59 Å². The SMILES string of the molecule is Cc1ccc(=O)n(C2CCC(NC(=O)c3snnc3C)CC2)n1. The molecule has 0 aromatic carbocycles. The lowest BCUT2D eigenvalue weighted by Crippen LogP contribution is -2.39. The molecule has 1 aliphatic carbocycles. The number of hydrogen-bond acceptors (Lipinski definition) is 6. The summed E-state index contributed by atoms with van der Waals surface area (Å²) >= 11 is 1.12. The fourth-order valence-electron chi connectivity index (χ4n) is 2.94. The highest BCUT2D eigenvalue weighted by molar-refractivity contribution is 7.08. The number of carbonyl (C=O) groups excluding carboxylic acids is 1. The zero-order valence-corrected chi connectivity index (χ0v) is 14.0. The van der Waals surface area contributed by atoms with Crippen LogP contribution >= 0.6 is 11.5 Å². The predicted molar refractivity (Wildman–Crippen MR) is 86.6 cm³/mol. The highest BCUT2D eigenvalue weighted by Gasteiger charge is 2.26. The van der Waals surface area contributed by atoms with Gasteiger partial charge in [-0.15, -0.1) is 5.10 Å². The summed E-state index contributed by atoms with van der Waals surface area (Å²) in [4.78, 5) is 24.7. The average Bonchev–Trinajstić information content (AvgIpc) is 2.97. The van der Waals surface area contributed by atoms with Crippen molar-refractivity contribution in [3.05, 3.63) is 38.8 Å². The molecule has 0 saturated heterocycles. The summed E-state index contributed by atoms with van der Waals surface area (Å²) in [5, 5.41) is 11.2. The maximum Gasteiger partial charge on any atom is 0.267 e. The molecule has 8 heteroatoms. The lowest BCUT2D eigenvalue weighted by Gasteiger charge is -2.29. The zero-order valence-electron chi connectivity index (χ0n) is 13.2. The van der Waals surface area contributed by atoms with Crippen molar-refractivity contribution in [2.45, 2.75) is 51.6 Å². The maximum absolute atomic E-state index is 12.2. The van der Waals surface area contributed by atoms with Crippen LogP contribution in [0.15, 0.2) is 16.9 Å². The fraction of sp³-hybridized carbons (Fsp3) is 0.533. The minimum atomic E-state index is -0.105. The van der Waals surface area contributed by atoms with Crippen LogP contribution in [-0.2, 0) is 0 Å². The van der Waals surface area contributed by atoms with Gasteiger partial charge in [0, 0.05) is 12.1 Å². The van der Waals surface area contributed by atoms with Gasteiger partial charge < -0.3 is 5.32 Å². The summed E-state index contributed by atoms with van der Waals surface area (Å²) in [5.41, 5.74) is 1.44. The van der Waals surface area contributed by atoms with Gasteiger partial charge in [0.1, 0.15) is 4.88 Å². The molecule has 1 fully saturated rings. The Bertz CT molecular complexity index is 761. The molecule has 0 spiro atoms. The van der Waals surface area contributed by atoms with E-state index in [-0.39, 0.29) is 23.6 Å². The van der Waals surface area contributed by atoms with E-state index in [1.165, 1.54) is 0 Å². The molecule has 0 unspecified atom stereocenters. The monoisotopic (exact) mass is 333 g/mol. The molecule has 1 aliphatic rings. The molecular weight excluding hydrogens is 314 g/mol. The van der Waals surface area contributed by atoms with Crippen molar-refractivity contribution in [3.8, 4) is 0 Å². The van der Waals surface area contributed by atoms with Gasteiger partial charge in [-0.2, -0.15) is 5.10 Å². The van der Waals surface area contributed by atoms with Gasteiger partial charge >= 0.3 is 0 Å². The molecule has 3 rings (SSSR count). The molecule has 0 atom stereocenters. The largest absolute Gasteiger partial charge is 0.348 e. The van der Waals surface area contributed by atoms with E-state index in [2.05, 4.69) is 20.0 Å². The molecule has 23 heavy (non-hydrogen) atoms. The summed E-state index contributed by atoms with van der Waals surface area (Å²) < 4.78 is 5.38. The van der Waals surface area contributed by atoms with Crippen LogP contribution in [0.3, 0.4) is 0 Å². The van der Waals surface area contributed by atoms with Crippen LogP contribution in [-0.4, -0.2) is 31.3 Å². The minimum Gasteiger partial charge on any atom is -0.348 e. The Kier molecular flexibility index (Phi) is 4.51. The van der Waals surface area contributed by atoms with E-state index in [1.807, 2.05) is 6.92 Å². The number of hydrogen-bond donors (Lipinski definition) is 1. The van der Waals surface area contributed by atoms with Crippen molar-refractivity contribution in [2.24, 2.45) is 0 Å². The summed E-state index contributed by atoms with van der Waals surface area (Å²) in [7, 11) is 0. The summed E-state index contributed by atoms with van der Waals surface area (Å²) in [5.74, 6) is -0.105. The summed E-state index contributed by atoms with van der Waals surface area (Å²) in [6, 6.07) is 3.54. The molecule has 0 aliphatic heterocycles. The maximum atomic E-state index is 12.2. The first-order chi connectivity index (χ1) is 11.0. The average molecular weight is 333 g/mol. The van der Waals surface area contributed by atoms with Gasteiger partial charge in [0.2, 0.25) is 0 Å². The molecular formula is C15H19N5O2S. The summed E-state index contributed by atoms with van der Waals surface area (Å²) in [6.07, 6.45) is 3.34. The van der Waals surface area contributed by atoms with Crippen LogP contribution in [0.25, 0.3) is 0 Å². The molecule has 7 nitrogen and oxygen atoms in total. The Morgan fingerprint density at radius 2 is 2.00 bits per heavy atom. The van der Waals surface area contributed by atoms with Gasteiger partial charge in [0.15, 0.2) is 0 Å². The van der Waals surface area contributed by atoms with Crippen LogP contribution in [0.1, 0.15) is 52.8 Å². The topological polar surface area (TPSA) is 89.8 Å². The number of amides is 1. The van der Waals surface area contributed by atoms with Crippen molar-refractivity contribution in [1.29, 1.82) is 0 Å². The number of aromatic nitrogens is 4. The van der Waals surface area contributed by atoms with E-state index < -0.39 is 0 Å². The number of rotatable bonds is 3. The number of nitrogens with zero attached hydrogens (tertiary/aromatic N) is 4. The van der Waals surface area contributed by atoms with Gasteiger partial charge in [0.25, 0.3) is 11.5 Å². The highest BCUT2D eigenvalue weighted by atomic mass is 32.1. The minimum absolute atomic E-state index is 0.0607. The van der Waals surface area contributed by atoms with Crippen molar-refractivity contribution < 1.29 is 4.79 Å². The smallest absolute Gasteiger partial charge is 0.267 e. The fourth-order valence-corrected chi connectivity index (χ4v) is 3.50. The Morgan fingerprint density at radius 1 is 1.26 bits per heavy atom. The van der Waals surface area contributed by atoms with Gasteiger partial charge in [0.05, 0.1) is 17.4 Å².